The second kappa shape index (κ2) is 6.81. The number of pyridine rings is 1. The number of halogens is 1. The summed E-state index contributed by atoms with van der Waals surface area (Å²) in [5.41, 5.74) is -0.551. The van der Waals surface area contributed by atoms with Gasteiger partial charge in [0.15, 0.2) is 6.04 Å². The van der Waals surface area contributed by atoms with Crippen LogP contribution < -0.4 is 5.32 Å². The van der Waals surface area contributed by atoms with Crippen LogP contribution in [0.3, 0.4) is 0 Å². The molecule has 0 aliphatic carbocycles. The zero-order valence-corrected chi connectivity index (χ0v) is 13.1. The molecule has 0 aliphatic rings. The Morgan fingerprint density at radius 2 is 2.15 bits per heavy atom. The van der Waals surface area contributed by atoms with Crippen LogP contribution in [-0.4, -0.2) is 40.2 Å². The van der Waals surface area contributed by atoms with Crippen molar-refractivity contribution in [1.29, 1.82) is 0 Å². The number of rotatable bonds is 4. The van der Waals surface area contributed by atoms with Gasteiger partial charge in [-0.25, -0.2) is 4.79 Å². The van der Waals surface area contributed by atoms with Crippen molar-refractivity contribution in [3.63, 3.8) is 0 Å². The quantitative estimate of drug-likeness (QED) is 0.803. The maximum absolute atomic E-state index is 11.9. The Kier molecular flexibility index (Phi) is 5.64. The molecule has 1 amide bonds. The summed E-state index contributed by atoms with van der Waals surface area (Å²) in [4.78, 5) is 27.6. The number of hydrogen-bond acceptors (Lipinski definition) is 5. The Hall–Kier alpha value is -1.47. The molecule has 0 saturated carbocycles. The lowest BCUT2D eigenvalue weighted by molar-refractivity contribution is -0.158. The van der Waals surface area contributed by atoms with Gasteiger partial charge in [0.25, 0.3) is 5.91 Å². The standard InChI is InChI=1S/C13H17BrN2O4/c1-13(2,3)20-12(19)10(7-17)16-11(18)9-6-8(14)4-5-15-9/h4-6,10,17H,7H2,1-3H3,(H,16,18). The van der Waals surface area contributed by atoms with Crippen LogP contribution in [0, 0.1) is 0 Å². The third-order valence-corrected chi connectivity index (χ3v) is 2.63. The molecule has 2 N–H and O–H groups in total. The first-order valence-corrected chi connectivity index (χ1v) is 6.78. The van der Waals surface area contributed by atoms with Crippen molar-refractivity contribution < 1.29 is 19.4 Å². The molecule has 0 saturated heterocycles. The van der Waals surface area contributed by atoms with E-state index in [0.717, 1.165) is 0 Å². The van der Waals surface area contributed by atoms with E-state index in [4.69, 9.17) is 4.74 Å². The zero-order chi connectivity index (χ0) is 15.3. The number of amides is 1. The predicted molar refractivity (Wildman–Crippen MR) is 76.1 cm³/mol. The second-order valence-electron chi connectivity index (χ2n) is 5.10. The Balaban J connectivity index is 2.73. The van der Waals surface area contributed by atoms with E-state index in [-0.39, 0.29) is 5.69 Å². The molecule has 110 valence electrons. The number of esters is 1. The van der Waals surface area contributed by atoms with E-state index in [1.54, 1.807) is 26.8 Å². The number of carbonyl (C=O) groups is 2. The lowest BCUT2D eigenvalue weighted by Gasteiger charge is -2.23. The van der Waals surface area contributed by atoms with Gasteiger partial charge in [-0.1, -0.05) is 15.9 Å². The minimum absolute atomic E-state index is 0.140. The van der Waals surface area contributed by atoms with Gasteiger partial charge in [-0.15, -0.1) is 0 Å². The Labute approximate surface area is 125 Å². The summed E-state index contributed by atoms with van der Waals surface area (Å²) in [5, 5.41) is 11.6. The maximum atomic E-state index is 11.9. The highest BCUT2D eigenvalue weighted by Gasteiger charge is 2.26. The third-order valence-electron chi connectivity index (χ3n) is 2.13. The summed E-state index contributed by atoms with van der Waals surface area (Å²) in [6.07, 6.45) is 1.46. The molecule has 7 heteroatoms. The van der Waals surface area contributed by atoms with Crippen LogP contribution in [0.2, 0.25) is 0 Å². The van der Waals surface area contributed by atoms with E-state index < -0.39 is 30.1 Å². The average molecular weight is 345 g/mol. The van der Waals surface area contributed by atoms with Crippen molar-refractivity contribution >= 4 is 27.8 Å². The molecule has 0 aliphatic heterocycles. The summed E-state index contributed by atoms with van der Waals surface area (Å²) in [6.45, 7) is 4.57. The van der Waals surface area contributed by atoms with Gasteiger partial charge < -0.3 is 15.2 Å². The molecule has 1 unspecified atom stereocenters. The highest BCUT2D eigenvalue weighted by Crippen LogP contribution is 2.10. The lowest BCUT2D eigenvalue weighted by atomic mass is 10.2. The second-order valence-corrected chi connectivity index (χ2v) is 6.02. The molecule has 0 radical (unpaired) electrons. The molecule has 1 atom stereocenters. The fourth-order valence-corrected chi connectivity index (χ4v) is 1.65. The number of aliphatic hydroxyl groups is 1. The average Bonchev–Trinajstić information content (AvgIpc) is 2.33. The maximum Gasteiger partial charge on any atom is 0.331 e. The number of ether oxygens (including phenoxy) is 1. The molecular weight excluding hydrogens is 328 g/mol. The fourth-order valence-electron chi connectivity index (χ4n) is 1.31. The number of hydrogen-bond donors (Lipinski definition) is 2. The van der Waals surface area contributed by atoms with Crippen molar-refractivity contribution in [3.05, 3.63) is 28.5 Å². The third kappa shape index (κ3) is 5.26. The Morgan fingerprint density at radius 3 is 2.65 bits per heavy atom. The molecule has 1 aromatic rings. The summed E-state index contributed by atoms with van der Waals surface area (Å²) in [6, 6.07) is 2.06. The summed E-state index contributed by atoms with van der Waals surface area (Å²) in [7, 11) is 0. The van der Waals surface area contributed by atoms with Crippen molar-refractivity contribution in [2.75, 3.05) is 6.61 Å². The summed E-state index contributed by atoms with van der Waals surface area (Å²) < 4.78 is 5.80. The van der Waals surface area contributed by atoms with Crippen LogP contribution in [0.4, 0.5) is 0 Å². The van der Waals surface area contributed by atoms with E-state index in [9.17, 15) is 14.7 Å². The topological polar surface area (TPSA) is 88.5 Å². The molecule has 0 aromatic carbocycles. The van der Waals surface area contributed by atoms with Crippen LogP contribution in [0.25, 0.3) is 0 Å². The van der Waals surface area contributed by atoms with Crippen LogP contribution in [0.5, 0.6) is 0 Å². The number of carbonyl (C=O) groups excluding carboxylic acids is 2. The minimum atomic E-state index is -1.12. The zero-order valence-electron chi connectivity index (χ0n) is 11.5. The van der Waals surface area contributed by atoms with E-state index in [1.807, 2.05) is 0 Å². The lowest BCUT2D eigenvalue weighted by Crippen LogP contribution is -2.46. The molecule has 0 bridgehead atoms. The Morgan fingerprint density at radius 1 is 1.50 bits per heavy atom. The normalized spacial score (nSPS) is 12.7. The van der Waals surface area contributed by atoms with Crippen molar-refractivity contribution in [3.8, 4) is 0 Å². The molecule has 20 heavy (non-hydrogen) atoms. The number of nitrogens with zero attached hydrogens (tertiary/aromatic N) is 1. The fraction of sp³-hybridized carbons (Fsp3) is 0.462. The molecule has 1 aromatic heterocycles. The first-order valence-electron chi connectivity index (χ1n) is 5.99. The number of aliphatic hydroxyl groups excluding tert-OH is 1. The van der Waals surface area contributed by atoms with Crippen LogP contribution >= 0.6 is 15.9 Å². The van der Waals surface area contributed by atoms with Gasteiger partial charge in [-0.2, -0.15) is 0 Å². The van der Waals surface area contributed by atoms with E-state index >= 15 is 0 Å². The van der Waals surface area contributed by atoms with E-state index in [1.165, 1.54) is 12.3 Å². The van der Waals surface area contributed by atoms with Gasteiger partial charge in [0.05, 0.1) is 6.61 Å². The van der Waals surface area contributed by atoms with Crippen LogP contribution in [0.15, 0.2) is 22.8 Å². The van der Waals surface area contributed by atoms with Crippen molar-refractivity contribution in [1.82, 2.24) is 10.3 Å². The van der Waals surface area contributed by atoms with Gasteiger partial charge in [0.1, 0.15) is 11.3 Å². The molecule has 6 nitrogen and oxygen atoms in total. The molecular formula is C13H17BrN2O4. The van der Waals surface area contributed by atoms with Gasteiger partial charge in [0.2, 0.25) is 0 Å². The number of aromatic nitrogens is 1. The molecule has 0 spiro atoms. The first kappa shape index (κ1) is 16.6. The van der Waals surface area contributed by atoms with Gasteiger partial charge in [-0.05, 0) is 32.9 Å². The molecule has 0 fully saturated rings. The summed E-state index contributed by atoms with van der Waals surface area (Å²) in [5.74, 6) is -1.25. The molecule has 1 rings (SSSR count). The van der Waals surface area contributed by atoms with Gasteiger partial charge in [-0.3, -0.25) is 9.78 Å². The molecule has 1 heterocycles. The minimum Gasteiger partial charge on any atom is -0.458 e. The largest absolute Gasteiger partial charge is 0.458 e. The first-order chi connectivity index (χ1) is 9.23. The SMILES string of the molecule is CC(C)(C)OC(=O)C(CO)NC(=O)c1cc(Br)ccn1. The summed E-state index contributed by atoms with van der Waals surface area (Å²) >= 11 is 3.22. The van der Waals surface area contributed by atoms with E-state index in [2.05, 4.69) is 26.2 Å². The number of nitrogens with one attached hydrogen (secondary N) is 1. The highest BCUT2D eigenvalue weighted by molar-refractivity contribution is 9.10. The highest BCUT2D eigenvalue weighted by atomic mass is 79.9. The predicted octanol–water partition coefficient (Wildman–Crippen LogP) is 1.28. The van der Waals surface area contributed by atoms with Crippen LogP contribution in [-0.2, 0) is 9.53 Å². The van der Waals surface area contributed by atoms with Crippen LogP contribution in [0.1, 0.15) is 31.3 Å². The van der Waals surface area contributed by atoms with Crippen molar-refractivity contribution in [2.24, 2.45) is 0 Å². The monoisotopic (exact) mass is 344 g/mol. The van der Waals surface area contributed by atoms with E-state index in [0.29, 0.717) is 4.47 Å². The van der Waals surface area contributed by atoms with Gasteiger partial charge in [0, 0.05) is 10.7 Å². The smallest absolute Gasteiger partial charge is 0.331 e. The Bertz CT molecular complexity index is 499. The van der Waals surface area contributed by atoms with Gasteiger partial charge >= 0.3 is 5.97 Å². The van der Waals surface area contributed by atoms with Crippen molar-refractivity contribution in [2.45, 2.75) is 32.4 Å².